The fourth-order valence-corrected chi connectivity index (χ4v) is 10.7. The van der Waals surface area contributed by atoms with Crippen LogP contribution in [0.2, 0.25) is 0 Å². The second kappa shape index (κ2) is 9.08. The molecule has 0 radical (unpaired) electrons. The number of hydrogen-bond acceptors (Lipinski definition) is 1. The third kappa shape index (κ3) is 3.72. The summed E-state index contributed by atoms with van der Waals surface area (Å²) in [5, 5.41) is 10.5. The summed E-state index contributed by atoms with van der Waals surface area (Å²) in [5.41, 5.74) is 6.75. The quantitative estimate of drug-likeness (QED) is 0.400. The van der Waals surface area contributed by atoms with Crippen LogP contribution in [0.1, 0.15) is 131 Å². The third-order valence-corrected chi connectivity index (χ3v) is 12.9. The lowest BCUT2D eigenvalue weighted by Crippen LogP contribution is -2.51. The number of allylic oxidation sites excluding steroid dienone is 3. The van der Waals surface area contributed by atoms with Crippen molar-refractivity contribution < 1.29 is 5.11 Å². The molecule has 1 heteroatoms. The Morgan fingerprint density at radius 1 is 0.971 bits per heavy atom. The molecule has 0 aliphatic heterocycles. The van der Waals surface area contributed by atoms with Gasteiger partial charge in [-0.2, -0.15) is 0 Å². The second-order valence-electron chi connectivity index (χ2n) is 14.4. The second-order valence-corrected chi connectivity index (χ2v) is 14.4. The van der Waals surface area contributed by atoms with Crippen LogP contribution in [-0.2, 0) is 0 Å². The van der Waals surface area contributed by atoms with Crippen LogP contribution in [-0.4, -0.2) is 11.2 Å². The summed E-state index contributed by atoms with van der Waals surface area (Å²) in [6.45, 7) is 17.0. The average molecular weight is 467 g/mol. The van der Waals surface area contributed by atoms with Gasteiger partial charge in [-0.25, -0.2) is 0 Å². The van der Waals surface area contributed by atoms with Crippen molar-refractivity contribution in [2.24, 2.45) is 45.8 Å². The highest BCUT2D eigenvalue weighted by Gasteiger charge is 2.63. The lowest BCUT2D eigenvalue weighted by molar-refractivity contribution is -0.0929. The first-order valence-electron chi connectivity index (χ1n) is 15.2. The molecule has 5 aliphatic rings. The molecule has 1 spiro atoms. The summed E-state index contributed by atoms with van der Waals surface area (Å²) in [4.78, 5) is 0. The minimum atomic E-state index is -0.0465. The van der Waals surface area contributed by atoms with Gasteiger partial charge in [-0.1, -0.05) is 70.8 Å². The fraction of sp³-hybridized carbons (Fsp3) is 0.879. The summed E-state index contributed by atoms with van der Waals surface area (Å²) >= 11 is 0. The van der Waals surface area contributed by atoms with E-state index in [-0.39, 0.29) is 6.10 Å². The van der Waals surface area contributed by atoms with Crippen molar-refractivity contribution in [2.45, 2.75) is 137 Å². The smallest absolute Gasteiger partial charge is 0.0543 e. The van der Waals surface area contributed by atoms with Gasteiger partial charge in [0, 0.05) is 0 Å². The Kier molecular flexibility index (Phi) is 6.70. The molecule has 0 heterocycles. The van der Waals surface area contributed by atoms with Crippen molar-refractivity contribution in [1.29, 1.82) is 0 Å². The van der Waals surface area contributed by atoms with Crippen LogP contribution in [0.25, 0.3) is 0 Å². The van der Waals surface area contributed by atoms with E-state index in [2.05, 4.69) is 41.2 Å². The molecular weight excluding hydrogens is 412 g/mol. The zero-order valence-electron chi connectivity index (χ0n) is 23.2. The highest BCUT2D eigenvalue weighted by atomic mass is 16.3. The lowest BCUT2D eigenvalue weighted by Gasteiger charge is -2.59. The zero-order chi connectivity index (χ0) is 24.3. The van der Waals surface area contributed by atoms with Crippen molar-refractivity contribution in [3.05, 3.63) is 23.3 Å². The SMILES string of the molecule is C=C(CCC(C)C1CCCC23CCCC2C2=C(CCC13C)C1(C)CCC(O)CC1CC2)C(C)C. The maximum absolute atomic E-state index is 10.5. The molecule has 0 bridgehead atoms. The summed E-state index contributed by atoms with van der Waals surface area (Å²) in [5.74, 6) is 3.88. The van der Waals surface area contributed by atoms with Gasteiger partial charge in [0.2, 0.25) is 0 Å². The van der Waals surface area contributed by atoms with Gasteiger partial charge in [0.05, 0.1) is 6.10 Å². The Labute approximate surface area is 211 Å². The molecule has 1 nitrogen and oxygen atoms in total. The summed E-state index contributed by atoms with van der Waals surface area (Å²) < 4.78 is 0. The number of aliphatic hydroxyl groups excluding tert-OH is 1. The first-order valence-corrected chi connectivity index (χ1v) is 15.2. The Bertz CT molecular complexity index is 820. The molecular formula is C33H54O. The van der Waals surface area contributed by atoms with Gasteiger partial charge in [0.1, 0.15) is 0 Å². The molecule has 3 saturated carbocycles. The van der Waals surface area contributed by atoms with Crippen molar-refractivity contribution in [1.82, 2.24) is 0 Å². The van der Waals surface area contributed by atoms with Gasteiger partial charge in [-0.05, 0) is 129 Å². The lowest BCUT2D eigenvalue weighted by atomic mass is 9.45. The minimum Gasteiger partial charge on any atom is -0.393 e. The van der Waals surface area contributed by atoms with Crippen LogP contribution in [0.3, 0.4) is 0 Å². The number of aliphatic hydroxyl groups is 1. The van der Waals surface area contributed by atoms with Gasteiger partial charge in [-0.3, -0.25) is 0 Å². The monoisotopic (exact) mass is 466 g/mol. The molecule has 0 aromatic heterocycles. The van der Waals surface area contributed by atoms with Crippen molar-refractivity contribution in [2.75, 3.05) is 0 Å². The molecule has 5 rings (SSSR count). The van der Waals surface area contributed by atoms with Crippen LogP contribution < -0.4 is 0 Å². The summed E-state index contributed by atoms with van der Waals surface area (Å²) in [6.07, 6.45) is 20.1. The molecule has 5 aliphatic carbocycles. The number of hydrogen-bond donors (Lipinski definition) is 1. The fourth-order valence-electron chi connectivity index (χ4n) is 10.7. The van der Waals surface area contributed by atoms with E-state index in [0.717, 1.165) is 36.5 Å². The summed E-state index contributed by atoms with van der Waals surface area (Å²) in [6, 6.07) is 0. The standard InChI is InChI=1S/C33H54O/c1-22(2)23(3)11-12-24(4)28-9-7-17-33-18-8-10-30(33)27-14-13-25-21-26(34)15-19-31(25,5)29(27)16-20-32(28,33)6/h22,24-26,28,30,34H,3,7-21H2,1-2,4-6H3. The van der Waals surface area contributed by atoms with Gasteiger partial charge >= 0.3 is 0 Å². The van der Waals surface area contributed by atoms with Crippen LogP contribution in [0, 0.1) is 45.8 Å². The molecule has 0 amide bonds. The van der Waals surface area contributed by atoms with E-state index < -0.39 is 0 Å². The predicted molar refractivity (Wildman–Crippen MR) is 145 cm³/mol. The third-order valence-electron chi connectivity index (χ3n) is 12.9. The molecule has 0 saturated heterocycles. The van der Waals surface area contributed by atoms with Crippen molar-refractivity contribution >= 4 is 0 Å². The Hall–Kier alpha value is -0.560. The molecule has 8 unspecified atom stereocenters. The highest BCUT2D eigenvalue weighted by molar-refractivity contribution is 5.34. The highest BCUT2D eigenvalue weighted by Crippen LogP contribution is 2.72. The van der Waals surface area contributed by atoms with Crippen LogP contribution in [0.4, 0.5) is 0 Å². The Balaban J connectivity index is 1.47. The Morgan fingerprint density at radius 3 is 2.44 bits per heavy atom. The topological polar surface area (TPSA) is 20.2 Å². The molecule has 8 atom stereocenters. The largest absolute Gasteiger partial charge is 0.393 e. The van der Waals surface area contributed by atoms with E-state index in [9.17, 15) is 5.11 Å². The van der Waals surface area contributed by atoms with E-state index in [4.69, 9.17) is 0 Å². The van der Waals surface area contributed by atoms with Gasteiger partial charge in [0.25, 0.3) is 0 Å². The maximum atomic E-state index is 10.5. The summed E-state index contributed by atoms with van der Waals surface area (Å²) in [7, 11) is 0. The van der Waals surface area contributed by atoms with Crippen molar-refractivity contribution in [3.63, 3.8) is 0 Å². The van der Waals surface area contributed by atoms with Crippen molar-refractivity contribution in [3.8, 4) is 0 Å². The number of rotatable bonds is 5. The van der Waals surface area contributed by atoms with Gasteiger partial charge in [0.15, 0.2) is 0 Å². The van der Waals surface area contributed by atoms with E-state index in [1.165, 1.54) is 89.0 Å². The minimum absolute atomic E-state index is 0.0465. The molecule has 0 aromatic carbocycles. The molecule has 0 aromatic rings. The first-order chi connectivity index (χ1) is 16.1. The van der Waals surface area contributed by atoms with E-state index in [1.54, 1.807) is 0 Å². The predicted octanol–water partition coefficient (Wildman–Crippen LogP) is 9.26. The van der Waals surface area contributed by atoms with E-state index >= 15 is 0 Å². The molecule has 1 N–H and O–H groups in total. The van der Waals surface area contributed by atoms with E-state index in [0.29, 0.717) is 22.2 Å². The molecule has 192 valence electrons. The van der Waals surface area contributed by atoms with Crippen LogP contribution in [0.5, 0.6) is 0 Å². The molecule has 3 fully saturated rings. The van der Waals surface area contributed by atoms with Gasteiger partial charge in [-0.15, -0.1) is 0 Å². The van der Waals surface area contributed by atoms with E-state index in [1.807, 2.05) is 11.1 Å². The molecule has 34 heavy (non-hydrogen) atoms. The Morgan fingerprint density at radius 2 is 1.71 bits per heavy atom. The maximum Gasteiger partial charge on any atom is 0.0543 e. The van der Waals surface area contributed by atoms with Crippen LogP contribution >= 0.6 is 0 Å². The number of fused-ring (bicyclic) bond motifs is 3. The van der Waals surface area contributed by atoms with Gasteiger partial charge < -0.3 is 5.11 Å². The first kappa shape index (κ1) is 25.1. The zero-order valence-corrected chi connectivity index (χ0v) is 23.2. The normalized spacial score (nSPS) is 45.1. The average Bonchev–Trinajstić information content (AvgIpc) is 3.18. The van der Waals surface area contributed by atoms with Crippen LogP contribution in [0.15, 0.2) is 23.3 Å².